The molecule has 2 N–H and O–H groups in total. The van der Waals surface area contributed by atoms with E-state index < -0.39 is 0 Å². The summed E-state index contributed by atoms with van der Waals surface area (Å²) in [5, 5.41) is 0. The molecular weight excluding hydrogens is 294 g/mol. The first-order chi connectivity index (χ1) is 8.70. The third-order valence-corrected chi connectivity index (χ3v) is 3.68. The fraction of sp³-hybridized carbons (Fsp3) is 0.308. The number of nitrogens with zero attached hydrogens (tertiary/aromatic N) is 2. The van der Waals surface area contributed by atoms with Crippen LogP contribution in [0.1, 0.15) is 18.9 Å². The van der Waals surface area contributed by atoms with Gasteiger partial charge < -0.3 is 15.0 Å². The quantitative estimate of drug-likeness (QED) is 0.947. The number of halogens is 1. The van der Waals surface area contributed by atoms with Gasteiger partial charge in [0, 0.05) is 16.1 Å². The number of anilines is 1. The van der Waals surface area contributed by atoms with Gasteiger partial charge in [-0.25, -0.2) is 4.98 Å². The molecule has 1 aliphatic rings. The molecule has 5 heteroatoms. The first-order valence-corrected chi connectivity index (χ1v) is 6.66. The molecule has 0 bridgehead atoms. The minimum absolute atomic E-state index is 0.532. The van der Waals surface area contributed by atoms with Gasteiger partial charge in [-0.15, -0.1) is 0 Å². The number of benzene rings is 1. The van der Waals surface area contributed by atoms with Gasteiger partial charge in [-0.3, -0.25) is 0 Å². The molecule has 0 unspecified atom stereocenters. The van der Waals surface area contributed by atoms with Crippen LogP contribution in [0.5, 0.6) is 5.75 Å². The molecule has 2 aromatic rings. The molecule has 1 saturated carbocycles. The van der Waals surface area contributed by atoms with Crippen molar-refractivity contribution in [2.75, 3.05) is 12.8 Å². The number of methoxy groups -OCH3 is 1. The van der Waals surface area contributed by atoms with Gasteiger partial charge in [0.05, 0.1) is 13.4 Å². The smallest absolute Gasteiger partial charge is 0.131 e. The minimum Gasteiger partial charge on any atom is -0.496 e. The first kappa shape index (κ1) is 11.6. The van der Waals surface area contributed by atoms with Gasteiger partial charge in [-0.2, -0.15) is 0 Å². The van der Waals surface area contributed by atoms with Crippen molar-refractivity contribution in [3.8, 4) is 17.0 Å². The van der Waals surface area contributed by atoms with Crippen molar-refractivity contribution < 1.29 is 4.74 Å². The predicted molar refractivity (Wildman–Crippen MR) is 74.6 cm³/mol. The van der Waals surface area contributed by atoms with E-state index in [-0.39, 0.29) is 0 Å². The Morgan fingerprint density at radius 2 is 2.22 bits per heavy atom. The Balaban J connectivity index is 2.11. The maximum absolute atomic E-state index is 6.18. The number of nitrogens with two attached hydrogens (primary N) is 1. The molecule has 1 fully saturated rings. The van der Waals surface area contributed by atoms with Gasteiger partial charge in [0.15, 0.2) is 0 Å². The lowest BCUT2D eigenvalue weighted by molar-refractivity contribution is 0.416. The summed E-state index contributed by atoms with van der Waals surface area (Å²) in [6.07, 6.45) is 4.20. The standard InChI is InChI=1S/C13H14BrN3O/c1-18-11-5-2-8(14)6-10(11)12-13(15)17(7-16-12)9-3-4-9/h2,5-7,9H,3-4,15H2,1H3. The van der Waals surface area contributed by atoms with Crippen LogP contribution in [0.15, 0.2) is 29.0 Å². The Kier molecular flexibility index (Phi) is 2.78. The number of aromatic nitrogens is 2. The molecule has 0 saturated heterocycles. The highest BCUT2D eigenvalue weighted by Gasteiger charge is 2.27. The SMILES string of the molecule is COc1ccc(Br)cc1-c1ncn(C2CC2)c1N. The third kappa shape index (κ3) is 1.88. The van der Waals surface area contributed by atoms with E-state index in [4.69, 9.17) is 10.5 Å². The zero-order valence-corrected chi connectivity index (χ0v) is 11.6. The van der Waals surface area contributed by atoms with Crippen LogP contribution < -0.4 is 10.5 Å². The summed E-state index contributed by atoms with van der Waals surface area (Å²) in [6.45, 7) is 0. The van der Waals surface area contributed by atoms with Crippen LogP contribution >= 0.6 is 15.9 Å². The van der Waals surface area contributed by atoms with Crippen molar-refractivity contribution >= 4 is 21.7 Å². The van der Waals surface area contributed by atoms with Gasteiger partial charge in [0.1, 0.15) is 17.3 Å². The molecule has 4 nitrogen and oxygen atoms in total. The lowest BCUT2D eigenvalue weighted by Crippen LogP contribution is -2.00. The molecule has 0 spiro atoms. The summed E-state index contributed by atoms with van der Waals surface area (Å²) in [6, 6.07) is 6.37. The molecule has 94 valence electrons. The summed E-state index contributed by atoms with van der Waals surface area (Å²) >= 11 is 3.46. The van der Waals surface area contributed by atoms with E-state index in [1.54, 1.807) is 7.11 Å². The van der Waals surface area contributed by atoms with Crippen LogP contribution in [0, 0.1) is 0 Å². The third-order valence-electron chi connectivity index (χ3n) is 3.19. The van der Waals surface area contributed by atoms with Crippen LogP contribution in [0.25, 0.3) is 11.3 Å². The average Bonchev–Trinajstić information content (AvgIpc) is 3.13. The van der Waals surface area contributed by atoms with E-state index in [2.05, 4.69) is 25.5 Å². The van der Waals surface area contributed by atoms with Crippen LogP contribution in [-0.4, -0.2) is 16.7 Å². The van der Waals surface area contributed by atoms with E-state index in [0.717, 1.165) is 21.5 Å². The van der Waals surface area contributed by atoms with Crippen molar-refractivity contribution in [3.63, 3.8) is 0 Å². The Labute approximate surface area is 114 Å². The molecule has 1 aromatic heterocycles. The van der Waals surface area contributed by atoms with Gasteiger partial charge in [0.2, 0.25) is 0 Å². The number of ether oxygens (including phenoxy) is 1. The van der Waals surface area contributed by atoms with E-state index in [1.807, 2.05) is 24.5 Å². The summed E-state index contributed by atoms with van der Waals surface area (Å²) < 4.78 is 8.41. The maximum Gasteiger partial charge on any atom is 0.131 e. The molecule has 0 amide bonds. The fourth-order valence-corrected chi connectivity index (χ4v) is 2.45. The van der Waals surface area contributed by atoms with E-state index in [9.17, 15) is 0 Å². The zero-order chi connectivity index (χ0) is 12.7. The minimum atomic E-state index is 0.532. The van der Waals surface area contributed by atoms with Crippen molar-refractivity contribution in [2.45, 2.75) is 18.9 Å². The fourth-order valence-electron chi connectivity index (χ4n) is 2.09. The average molecular weight is 308 g/mol. The highest BCUT2D eigenvalue weighted by molar-refractivity contribution is 9.10. The molecule has 1 heterocycles. The number of imidazole rings is 1. The lowest BCUT2D eigenvalue weighted by Gasteiger charge is -2.08. The van der Waals surface area contributed by atoms with Gasteiger partial charge >= 0.3 is 0 Å². The molecule has 1 aromatic carbocycles. The zero-order valence-electron chi connectivity index (χ0n) is 10.1. The number of hydrogen-bond acceptors (Lipinski definition) is 3. The molecule has 0 radical (unpaired) electrons. The van der Waals surface area contributed by atoms with E-state index in [1.165, 1.54) is 12.8 Å². The molecule has 18 heavy (non-hydrogen) atoms. The Hall–Kier alpha value is -1.49. The lowest BCUT2D eigenvalue weighted by atomic mass is 10.1. The first-order valence-electron chi connectivity index (χ1n) is 5.87. The normalized spacial score (nSPS) is 14.8. The second-order valence-electron chi connectivity index (χ2n) is 4.46. The summed E-state index contributed by atoms with van der Waals surface area (Å²) in [5.41, 5.74) is 7.89. The molecular formula is C13H14BrN3O. The van der Waals surface area contributed by atoms with Gasteiger partial charge in [0.25, 0.3) is 0 Å². The molecule has 0 atom stereocenters. The topological polar surface area (TPSA) is 53.1 Å². The van der Waals surface area contributed by atoms with Crippen LogP contribution in [0.4, 0.5) is 5.82 Å². The van der Waals surface area contributed by atoms with Crippen LogP contribution in [0.3, 0.4) is 0 Å². The largest absolute Gasteiger partial charge is 0.496 e. The molecule has 1 aliphatic carbocycles. The predicted octanol–water partition coefficient (Wildman–Crippen LogP) is 3.24. The second-order valence-corrected chi connectivity index (χ2v) is 5.38. The van der Waals surface area contributed by atoms with Crippen molar-refractivity contribution in [3.05, 3.63) is 29.0 Å². The molecule has 0 aliphatic heterocycles. The van der Waals surface area contributed by atoms with Crippen molar-refractivity contribution in [1.29, 1.82) is 0 Å². The Morgan fingerprint density at radius 1 is 1.44 bits per heavy atom. The summed E-state index contributed by atoms with van der Waals surface area (Å²) in [7, 11) is 1.65. The second kappa shape index (κ2) is 4.31. The number of hydrogen-bond donors (Lipinski definition) is 1. The highest BCUT2D eigenvalue weighted by Crippen LogP contribution is 2.41. The van der Waals surface area contributed by atoms with Crippen molar-refractivity contribution in [1.82, 2.24) is 9.55 Å². The van der Waals surface area contributed by atoms with Gasteiger partial charge in [-0.05, 0) is 31.0 Å². The summed E-state index contributed by atoms with van der Waals surface area (Å²) in [4.78, 5) is 4.43. The van der Waals surface area contributed by atoms with Crippen LogP contribution in [0.2, 0.25) is 0 Å². The number of rotatable bonds is 3. The van der Waals surface area contributed by atoms with Gasteiger partial charge in [-0.1, -0.05) is 15.9 Å². The van der Waals surface area contributed by atoms with E-state index in [0.29, 0.717) is 11.9 Å². The van der Waals surface area contributed by atoms with Crippen LogP contribution in [-0.2, 0) is 0 Å². The Morgan fingerprint density at radius 3 is 2.89 bits per heavy atom. The van der Waals surface area contributed by atoms with Crippen molar-refractivity contribution in [2.24, 2.45) is 0 Å². The summed E-state index contributed by atoms with van der Waals surface area (Å²) in [5.74, 6) is 1.50. The maximum atomic E-state index is 6.18. The van der Waals surface area contributed by atoms with E-state index >= 15 is 0 Å². The highest BCUT2D eigenvalue weighted by atomic mass is 79.9. The monoisotopic (exact) mass is 307 g/mol. The number of nitrogen functional groups attached to an aromatic ring is 1. The molecule has 3 rings (SSSR count). The Bertz CT molecular complexity index is 590.